The number of benzene rings is 2. The molecule has 2 aromatic carbocycles. The molecular formula is C18H16ClF3N2O3S. The number of nitrogens with zero attached hydrogens (tertiary/aromatic N) is 1. The quantitative estimate of drug-likeness (QED) is 0.785. The van der Waals surface area contributed by atoms with Gasteiger partial charge in [0.15, 0.2) is 0 Å². The Hall–Kier alpha value is -2.26. The minimum Gasteiger partial charge on any atom is -0.321 e. The summed E-state index contributed by atoms with van der Waals surface area (Å²) in [5.41, 5.74) is 0.256. The highest BCUT2D eigenvalue weighted by molar-refractivity contribution is 7.92. The summed E-state index contributed by atoms with van der Waals surface area (Å²) in [4.78, 5) is 12.5. The van der Waals surface area contributed by atoms with Gasteiger partial charge in [-0.25, -0.2) is 8.42 Å². The van der Waals surface area contributed by atoms with Crippen LogP contribution in [0.15, 0.2) is 36.4 Å². The summed E-state index contributed by atoms with van der Waals surface area (Å²) in [6.07, 6.45) is -3.04. The van der Waals surface area contributed by atoms with Crippen LogP contribution in [-0.2, 0) is 22.6 Å². The summed E-state index contributed by atoms with van der Waals surface area (Å²) < 4.78 is 63.8. The lowest BCUT2D eigenvalue weighted by Crippen LogP contribution is -2.34. The third-order valence-electron chi connectivity index (χ3n) is 4.39. The minimum atomic E-state index is -4.57. The molecule has 0 unspecified atom stereocenters. The maximum Gasteiger partial charge on any atom is 0.416 e. The molecule has 0 saturated carbocycles. The largest absolute Gasteiger partial charge is 0.416 e. The molecule has 0 radical (unpaired) electrons. The first-order valence-corrected chi connectivity index (χ1v) is 10.4. The Kier molecular flexibility index (Phi) is 5.09. The molecule has 0 aliphatic carbocycles. The molecular weight excluding hydrogens is 417 g/mol. The van der Waals surface area contributed by atoms with Gasteiger partial charge in [-0.1, -0.05) is 11.6 Å². The zero-order valence-corrected chi connectivity index (χ0v) is 16.4. The van der Waals surface area contributed by atoms with Crippen molar-refractivity contribution in [3.05, 3.63) is 58.1 Å². The van der Waals surface area contributed by atoms with E-state index in [9.17, 15) is 26.4 Å². The van der Waals surface area contributed by atoms with Gasteiger partial charge in [-0.15, -0.1) is 0 Å². The lowest BCUT2D eigenvalue weighted by molar-refractivity contribution is -0.137. The lowest BCUT2D eigenvalue weighted by Gasteiger charge is -2.21. The minimum absolute atomic E-state index is 0.0283. The zero-order chi connectivity index (χ0) is 20.9. The SMILES string of the molecule is C[C@H]1Cc2cc(C(=O)Nc3cc(C(F)(F)F)ccc3Cl)ccc2N1S(C)(=O)=O. The van der Waals surface area contributed by atoms with Crippen LogP contribution >= 0.6 is 11.6 Å². The van der Waals surface area contributed by atoms with Crippen molar-refractivity contribution in [1.82, 2.24) is 0 Å². The van der Waals surface area contributed by atoms with E-state index in [2.05, 4.69) is 5.32 Å². The van der Waals surface area contributed by atoms with E-state index in [0.29, 0.717) is 17.7 Å². The molecule has 1 aliphatic rings. The molecule has 1 amide bonds. The van der Waals surface area contributed by atoms with Gasteiger partial charge >= 0.3 is 6.18 Å². The summed E-state index contributed by atoms with van der Waals surface area (Å²) in [6.45, 7) is 1.75. The summed E-state index contributed by atoms with van der Waals surface area (Å²) in [7, 11) is -3.46. The maximum atomic E-state index is 12.9. The molecule has 0 saturated heterocycles. The van der Waals surface area contributed by atoms with E-state index in [1.807, 2.05) is 0 Å². The van der Waals surface area contributed by atoms with Crippen molar-refractivity contribution in [3.8, 4) is 0 Å². The molecule has 0 bridgehead atoms. The van der Waals surface area contributed by atoms with Crippen molar-refractivity contribution < 1.29 is 26.4 Å². The maximum absolute atomic E-state index is 12.9. The molecule has 1 N–H and O–H groups in total. The van der Waals surface area contributed by atoms with E-state index in [4.69, 9.17) is 11.6 Å². The molecule has 5 nitrogen and oxygen atoms in total. The Labute approximate surface area is 165 Å². The zero-order valence-electron chi connectivity index (χ0n) is 14.8. The first-order valence-electron chi connectivity index (χ1n) is 8.18. The molecule has 0 spiro atoms. The second-order valence-electron chi connectivity index (χ2n) is 6.60. The van der Waals surface area contributed by atoms with Crippen LogP contribution in [0, 0.1) is 0 Å². The number of fused-ring (bicyclic) bond motifs is 1. The Balaban J connectivity index is 1.89. The number of carbonyl (C=O) groups excluding carboxylic acids is 1. The highest BCUT2D eigenvalue weighted by atomic mass is 35.5. The van der Waals surface area contributed by atoms with E-state index in [-0.39, 0.29) is 22.3 Å². The molecule has 28 heavy (non-hydrogen) atoms. The lowest BCUT2D eigenvalue weighted by atomic mass is 10.1. The van der Waals surface area contributed by atoms with Crippen LogP contribution in [0.25, 0.3) is 0 Å². The summed E-state index contributed by atoms with van der Waals surface area (Å²) in [6, 6.07) is 6.84. The molecule has 0 fully saturated rings. The number of halogens is 4. The van der Waals surface area contributed by atoms with E-state index < -0.39 is 27.7 Å². The van der Waals surface area contributed by atoms with Gasteiger partial charge in [0.1, 0.15) is 0 Å². The Bertz CT molecular complexity index is 1050. The van der Waals surface area contributed by atoms with E-state index in [1.165, 1.54) is 22.5 Å². The van der Waals surface area contributed by atoms with E-state index in [1.54, 1.807) is 6.92 Å². The number of anilines is 2. The van der Waals surface area contributed by atoms with Crippen LogP contribution in [0.3, 0.4) is 0 Å². The predicted octanol–water partition coefficient (Wildman–Crippen LogP) is 4.32. The number of nitrogens with one attached hydrogen (secondary N) is 1. The summed E-state index contributed by atoms with van der Waals surface area (Å²) >= 11 is 5.90. The van der Waals surface area contributed by atoms with Crippen LogP contribution in [-0.4, -0.2) is 26.6 Å². The topological polar surface area (TPSA) is 66.5 Å². The van der Waals surface area contributed by atoms with Gasteiger partial charge in [0, 0.05) is 11.6 Å². The fourth-order valence-corrected chi connectivity index (χ4v) is 4.67. The second kappa shape index (κ2) is 6.97. The third-order valence-corrected chi connectivity index (χ3v) is 5.99. The standard InChI is InChI=1S/C18H16ClF3N2O3S/c1-10-7-12-8-11(3-6-16(12)24(10)28(2,26)27)17(25)23-15-9-13(18(20,21)22)4-5-14(15)19/h3-6,8-10H,7H2,1-2H3,(H,23,25)/t10-/m0/s1. The second-order valence-corrected chi connectivity index (χ2v) is 8.87. The molecule has 10 heteroatoms. The van der Waals surface area contributed by atoms with Crippen LogP contribution < -0.4 is 9.62 Å². The predicted molar refractivity (Wildman–Crippen MR) is 101 cm³/mol. The fourth-order valence-electron chi connectivity index (χ4n) is 3.24. The van der Waals surface area contributed by atoms with Gasteiger partial charge < -0.3 is 5.32 Å². The van der Waals surface area contributed by atoms with Crippen LogP contribution in [0.1, 0.15) is 28.4 Å². The Morgan fingerprint density at radius 2 is 1.89 bits per heavy atom. The van der Waals surface area contributed by atoms with Crippen LogP contribution in [0.4, 0.5) is 24.5 Å². The van der Waals surface area contributed by atoms with Crippen molar-refractivity contribution in [2.45, 2.75) is 25.6 Å². The number of hydrogen-bond donors (Lipinski definition) is 1. The molecule has 1 heterocycles. The van der Waals surface area contributed by atoms with Gasteiger partial charge in [0.05, 0.1) is 28.2 Å². The van der Waals surface area contributed by atoms with Gasteiger partial charge in [0.25, 0.3) is 5.91 Å². The average molecular weight is 433 g/mol. The van der Waals surface area contributed by atoms with Gasteiger partial charge in [-0.3, -0.25) is 9.10 Å². The molecule has 1 aliphatic heterocycles. The number of rotatable bonds is 3. The van der Waals surface area contributed by atoms with Gasteiger partial charge in [-0.2, -0.15) is 13.2 Å². The van der Waals surface area contributed by atoms with E-state index in [0.717, 1.165) is 24.5 Å². The van der Waals surface area contributed by atoms with Crippen molar-refractivity contribution in [2.75, 3.05) is 15.9 Å². The first-order chi connectivity index (χ1) is 12.9. The third kappa shape index (κ3) is 3.95. The number of carbonyl (C=O) groups is 1. The van der Waals surface area contributed by atoms with Crippen molar-refractivity contribution in [2.24, 2.45) is 0 Å². The molecule has 1 atom stereocenters. The normalized spacial score (nSPS) is 16.8. The monoisotopic (exact) mass is 432 g/mol. The number of amides is 1. The summed E-state index contributed by atoms with van der Waals surface area (Å²) in [5.74, 6) is -0.644. The highest BCUT2D eigenvalue weighted by Crippen LogP contribution is 2.36. The summed E-state index contributed by atoms with van der Waals surface area (Å²) in [5, 5.41) is 2.35. The highest BCUT2D eigenvalue weighted by Gasteiger charge is 2.33. The molecule has 0 aromatic heterocycles. The number of sulfonamides is 1. The molecule has 2 aromatic rings. The number of alkyl halides is 3. The molecule has 150 valence electrons. The van der Waals surface area contributed by atoms with Crippen molar-refractivity contribution in [3.63, 3.8) is 0 Å². The number of hydrogen-bond acceptors (Lipinski definition) is 3. The first kappa shape index (κ1) is 20.5. The van der Waals surface area contributed by atoms with Crippen LogP contribution in [0.5, 0.6) is 0 Å². The van der Waals surface area contributed by atoms with Gasteiger partial charge in [-0.05, 0) is 55.3 Å². The van der Waals surface area contributed by atoms with Crippen molar-refractivity contribution in [1.29, 1.82) is 0 Å². The van der Waals surface area contributed by atoms with Crippen molar-refractivity contribution >= 4 is 38.9 Å². The fraction of sp³-hybridized carbons (Fsp3) is 0.278. The Morgan fingerprint density at radius 1 is 1.21 bits per heavy atom. The average Bonchev–Trinajstić information content (AvgIpc) is 2.90. The smallest absolute Gasteiger partial charge is 0.321 e. The van der Waals surface area contributed by atoms with E-state index >= 15 is 0 Å². The molecule has 3 rings (SSSR count). The van der Waals surface area contributed by atoms with Gasteiger partial charge in [0.2, 0.25) is 10.0 Å². The van der Waals surface area contributed by atoms with Crippen LogP contribution in [0.2, 0.25) is 5.02 Å². The Morgan fingerprint density at radius 3 is 2.50 bits per heavy atom.